The van der Waals surface area contributed by atoms with E-state index >= 15 is 0 Å². The summed E-state index contributed by atoms with van der Waals surface area (Å²) in [6, 6.07) is 13.5. The van der Waals surface area contributed by atoms with E-state index in [9.17, 15) is 13.2 Å². The molecule has 0 aliphatic rings. The lowest BCUT2D eigenvalue weighted by Crippen LogP contribution is -2.18. The summed E-state index contributed by atoms with van der Waals surface area (Å²) in [4.78, 5) is 3.66. The third kappa shape index (κ3) is 3.58. The molecule has 1 aromatic heterocycles. The highest BCUT2D eigenvalue weighted by atomic mass is 19.4. The summed E-state index contributed by atoms with van der Waals surface area (Å²) in [7, 11) is 0. The smallest absolute Gasteiger partial charge is 0.449 e. The molecular weight excluding hydrogens is 331 g/mol. The Morgan fingerprint density at radius 1 is 1.16 bits per heavy atom. The minimum Gasteiger partial charge on any atom is -0.492 e. The molecule has 0 unspecified atom stereocenters. The van der Waals surface area contributed by atoms with Crippen LogP contribution in [0.2, 0.25) is 0 Å². The molecule has 0 saturated carbocycles. The first-order valence-electron chi connectivity index (χ1n) is 7.55. The Hall–Kier alpha value is -3.01. The minimum absolute atomic E-state index is 0.00881. The van der Waals surface area contributed by atoms with Crippen molar-refractivity contribution in [2.75, 3.05) is 6.61 Å². The van der Waals surface area contributed by atoms with Crippen LogP contribution in [0.5, 0.6) is 5.75 Å². The van der Waals surface area contributed by atoms with Crippen LogP contribution in [0.1, 0.15) is 17.0 Å². The molecule has 0 amide bonds. The van der Waals surface area contributed by atoms with Crippen LogP contribution >= 0.6 is 0 Å². The van der Waals surface area contributed by atoms with E-state index in [1.165, 1.54) is 18.2 Å². The summed E-state index contributed by atoms with van der Waals surface area (Å²) in [5.74, 6) is -0.402. The molecule has 0 saturated heterocycles. The van der Waals surface area contributed by atoms with Gasteiger partial charge in [0.2, 0.25) is 5.82 Å². The summed E-state index contributed by atoms with van der Waals surface area (Å²) in [5, 5.41) is 8.89. The molecule has 0 bridgehead atoms. The fourth-order valence-electron chi connectivity index (χ4n) is 2.53. The number of aromatic nitrogens is 2. The molecule has 7 heteroatoms. The van der Waals surface area contributed by atoms with Gasteiger partial charge >= 0.3 is 6.18 Å². The lowest BCUT2D eigenvalue weighted by atomic mass is 10.2. The average Bonchev–Trinajstić information content (AvgIpc) is 2.95. The molecule has 1 heterocycles. The van der Waals surface area contributed by atoms with Gasteiger partial charge in [0.1, 0.15) is 12.4 Å². The van der Waals surface area contributed by atoms with Crippen molar-refractivity contribution in [3.05, 3.63) is 59.4 Å². The Kier molecular flexibility index (Phi) is 4.36. The quantitative estimate of drug-likeness (QED) is 0.708. The van der Waals surface area contributed by atoms with Crippen molar-refractivity contribution >= 4 is 11.0 Å². The number of benzene rings is 2. The number of halogens is 3. The highest BCUT2D eigenvalue weighted by Gasteiger charge is 2.37. The lowest BCUT2D eigenvalue weighted by molar-refractivity contribution is -0.147. The number of ether oxygens (including phenoxy) is 1. The maximum absolute atomic E-state index is 13.3. The predicted molar refractivity (Wildman–Crippen MR) is 86.1 cm³/mol. The summed E-state index contributed by atoms with van der Waals surface area (Å²) < 4.78 is 46.4. The number of alkyl halides is 3. The summed E-state index contributed by atoms with van der Waals surface area (Å²) in [5.41, 5.74) is 1.79. The SMILES string of the molecule is Cc1ccc(OCCn2c(C(F)(F)F)nc3cc(C#N)ccc32)cc1. The first kappa shape index (κ1) is 16.8. The maximum atomic E-state index is 13.3. The Balaban J connectivity index is 1.88. The topological polar surface area (TPSA) is 50.8 Å². The molecule has 128 valence electrons. The van der Waals surface area contributed by atoms with Crippen molar-refractivity contribution in [2.45, 2.75) is 19.6 Å². The predicted octanol–water partition coefficient (Wildman–Crippen LogP) is 4.31. The monoisotopic (exact) mass is 345 g/mol. The van der Waals surface area contributed by atoms with Crippen molar-refractivity contribution in [1.29, 1.82) is 5.26 Å². The minimum atomic E-state index is -4.59. The van der Waals surface area contributed by atoms with Crippen LogP contribution in [0.3, 0.4) is 0 Å². The van der Waals surface area contributed by atoms with Crippen molar-refractivity contribution in [3.63, 3.8) is 0 Å². The van der Waals surface area contributed by atoms with E-state index in [1.54, 1.807) is 12.1 Å². The zero-order valence-corrected chi connectivity index (χ0v) is 13.3. The molecular formula is C18H14F3N3O. The highest BCUT2D eigenvalue weighted by Crippen LogP contribution is 2.31. The van der Waals surface area contributed by atoms with E-state index in [0.29, 0.717) is 11.3 Å². The number of rotatable bonds is 4. The van der Waals surface area contributed by atoms with E-state index in [4.69, 9.17) is 10.00 Å². The number of nitriles is 1. The van der Waals surface area contributed by atoms with Crippen molar-refractivity contribution in [2.24, 2.45) is 0 Å². The van der Waals surface area contributed by atoms with Crippen LogP contribution in [-0.4, -0.2) is 16.2 Å². The Bertz CT molecular complexity index is 937. The number of aryl methyl sites for hydroxylation is 1. The fourth-order valence-corrected chi connectivity index (χ4v) is 2.53. The van der Waals surface area contributed by atoms with Crippen LogP contribution in [0, 0.1) is 18.3 Å². The van der Waals surface area contributed by atoms with Gasteiger partial charge in [-0.3, -0.25) is 0 Å². The van der Waals surface area contributed by atoms with Gasteiger partial charge in [-0.25, -0.2) is 4.98 Å². The van der Waals surface area contributed by atoms with Crippen molar-refractivity contribution < 1.29 is 17.9 Å². The zero-order chi connectivity index (χ0) is 18.0. The van der Waals surface area contributed by atoms with Gasteiger partial charge in [0.15, 0.2) is 0 Å². The summed E-state index contributed by atoms with van der Waals surface area (Å²) >= 11 is 0. The molecule has 0 fully saturated rings. The van der Waals surface area contributed by atoms with Gasteiger partial charge in [0.05, 0.1) is 29.2 Å². The Morgan fingerprint density at radius 3 is 2.52 bits per heavy atom. The number of hydrogen-bond acceptors (Lipinski definition) is 3. The summed E-state index contributed by atoms with van der Waals surface area (Å²) in [6.45, 7) is 2.00. The fraction of sp³-hybridized carbons (Fsp3) is 0.222. The number of fused-ring (bicyclic) bond motifs is 1. The standard InChI is InChI=1S/C18H14F3N3O/c1-12-2-5-14(6-3-12)25-9-8-24-16-7-4-13(11-22)10-15(16)23-17(24)18(19,20)21/h2-7,10H,8-9H2,1H3. The molecule has 0 spiro atoms. The van der Waals surface area contributed by atoms with E-state index in [0.717, 1.165) is 10.1 Å². The molecule has 0 N–H and O–H groups in total. The zero-order valence-electron chi connectivity index (χ0n) is 13.3. The van der Waals surface area contributed by atoms with Crippen LogP contribution < -0.4 is 4.74 Å². The Labute approximate surface area is 142 Å². The second-order valence-electron chi connectivity index (χ2n) is 5.56. The van der Waals surface area contributed by atoms with Gasteiger partial charge in [0, 0.05) is 0 Å². The normalized spacial score (nSPS) is 11.5. The number of imidazole rings is 1. The highest BCUT2D eigenvalue weighted by molar-refractivity contribution is 5.78. The summed E-state index contributed by atoms with van der Waals surface area (Å²) in [6.07, 6.45) is -4.59. The van der Waals surface area contributed by atoms with Gasteiger partial charge in [-0.1, -0.05) is 17.7 Å². The second kappa shape index (κ2) is 6.48. The van der Waals surface area contributed by atoms with Gasteiger partial charge in [-0.2, -0.15) is 18.4 Å². The van der Waals surface area contributed by atoms with Gasteiger partial charge < -0.3 is 9.30 Å². The van der Waals surface area contributed by atoms with Crippen molar-refractivity contribution in [1.82, 2.24) is 9.55 Å². The van der Waals surface area contributed by atoms with E-state index in [1.807, 2.05) is 25.1 Å². The Morgan fingerprint density at radius 2 is 1.88 bits per heavy atom. The van der Waals surface area contributed by atoms with E-state index < -0.39 is 12.0 Å². The molecule has 0 aliphatic carbocycles. The first-order chi connectivity index (χ1) is 11.9. The third-order valence-corrected chi connectivity index (χ3v) is 3.74. The molecule has 0 atom stereocenters. The van der Waals surface area contributed by atoms with Crippen LogP contribution in [0.4, 0.5) is 13.2 Å². The van der Waals surface area contributed by atoms with E-state index in [2.05, 4.69) is 4.98 Å². The van der Waals surface area contributed by atoms with E-state index in [-0.39, 0.29) is 24.2 Å². The van der Waals surface area contributed by atoms with Crippen molar-refractivity contribution in [3.8, 4) is 11.8 Å². The number of nitrogens with zero attached hydrogens (tertiary/aromatic N) is 3. The molecule has 2 aromatic carbocycles. The molecule has 3 rings (SSSR count). The molecule has 25 heavy (non-hydrogen) atoms. The third-order valence-electron chi connectivity index (χ3n) is 3.74. The van der Waals surface area contributed by atoms with Gasteiger partial charge in [-0.05, 0) is 37.3 Å². The molecule has 4 nitrogen and oxygen atoms in total. The first-order valence-corrected chi connectivity index (χ1v) is 7.55. The largest absolute Gasteiger partial charge is 0.492 e. The van der Waals surface area contributed by atoms with Gasteiger partial charge in [-0.15, -0.1) is 0 Å². The van der Waals surface area contributed by atoms with Gasteiger partial charge in [0.25, 0.3) is 0 Å². The second-order valence-corrected chi connectivity index (χ2v) is 5.56. The molecule has 0 aliphatic heterocycles. The van der Waals surface area contributed by atoms with Crippen LogP contribution in [-0.2, 0) is 12.7 Å². The van der Waals surface area contributed by atoms with Crippen LogP contribution in [0.25, 0.3) is 11.0 Å². The molecule has 0 radical (unpaired) electrons. The average molecular weight is 345 g/mol. The number of hydrogen-bond donors (Lipinski definition) is 0. The van der Waals surface area contributed by atoms with Crippen LogP contribution in [0.15, 0.2) is 42.5 Å². The molecule has 3 aromatic rings. The lowest BCUT2D eigenvalue weighted by Gasteiger charge is -2.12. The maximum Gasteiger partial charge on any atom is 0.449 e.